The summed E-state index contributed by atoms with van der Waals surface area (Å²) in [6.07, 6.45) is 8.92. The fourth-order valence-electron chi connectivity index (χ4n) is 4.40. The van der Waals surface area contributed by atoms with Gasteiger partial charge in [0, 0.05) is 0 Å². The minimum atomic E-state index is -4.32. The molecule has 122 valence electrons. The Morgan fingerprint density at radius 3 is 1.75 bits per heavy atom. The Morgan fingerprint density at radius 2 is 1.33 bits per heavy atom. The third kappa shape index (κ3) is 2.10. The van der Waals surface area contributed by atoms with E-state index in [-0.39, 0.29) is 7.25 Å². The van der Waals surface area contributed by atoms with Gasteiger partial charge in [-0.25, -0.2) is 0 Å². The molecule has 2 atom stereocenters. The number of allylic oxidation sites excluding steroid dienone is 2. The van der Waals surface area contributed by atoms with Gasteiger partial charge in [-0.1, -0.05) is 0 Å². The average Bonchev–Trinajstić information content (AvgIpc) is 3.26. The van der Waals surface area contributed by atoms with Crippen LogP contribution in [0.5, 0.6) is 0 Å². The summed E-state index contributed by atoms with van der Waals surface area (Å²) < 4.78 is 8.91. The Balaban J connectivity index is 1.96. The van der Waals surface area contributed by atoms with Gasteiger partial charge in [0.2, 0.25) is 0 Å². The first-order chi connectivity index (χ1) is 11.6. The predicted molar refractivity (Wildman–Crippen MR) is 101 cm³/mol. The van der Waals surface area contributed by atoms with E-state index in [0.717, 1.165) is 0 Å². The van der Waals surface area contributed by atoms with Crippen molar-refractivity contribution in [3.63, 3.8) is 0 Å². The maximum absolute atomic E-state index is 7.66. The van der Waals surface area contributed by atoms with Crippen molar-refractivity contribution in [2.45, 2.75) is 14.2 Å². The summed E-state index contributed by atoms with van der Waals surface area (Å²) in [6.45, 7) is 2.09. The van der Waals surface area contributed by atoms with Crippen LogP contribution < -0.4 is 0 Å². The fraction of sp³-hybridized carbons (Fsp3) is 0.190. The van der Waals surface area contributed by atoms with E-state index in [1.807, 2.05) is 7.11 Å². The first-order valence-electron chi connectivity index (χ1n) is 8.39. The van der Waals surface area contributed by atoms with Gasteiger partial charge >= 0.3 is 149 Å². The van der Waals surface area contributed by atoms with Gasteiger partial charge in [0.05, 0.1) is 0 Å². The Morgan fingerprint density at radius 1 is 0.875 bits per heavy atom. The Hall–Kier alpha value is -1.08. The average molecular weight is 416 g/mol. The van der Waals surface area contributed by atoms with Crippen molar-refractivity contribution < 1.29 is 20.4 Å². The van der Waals surface area contributed by atoms with Gasteiger partial charge in [-0.2, -0.15) is 0 Å². The Labute approximate surface area is 148 Å². The molecule has 0 fully saturated rings. The SMILES string of the molecule is C[CH]=[Zr]([Cl])([O]C)([CH]1C=Cc2ccccc21)[CH]1C=Cc2ccccc21. The van der Waals surface area contributed by atoms with E-state index in [1.54, 1.807) is 0 Å². The van der Waals surface area contributed by atoms with Gasteiger partial charge < -0.3 is 0 Å². The molecule has 2 aromatic rings. The molecule has 2 unspecified atom stereocenters. The van der Waals surface area contributed by atoms with Crippen LogP contribution in [-0.4, -0.2) is 10.8 Å². The second-order valence-corrected chi connectivity index (χ2v) is 23.1. The number of fused-ring (bicyclic) bond motifs is 2. The standard InChI is InChI=1S/2C9H7.C2H4.CH3O.ClH.Zr/c2*1-2-5-9-7-3-6-8(9)4-1;2*1-2;;/h2*1-7H;1H,2H3;1H3;1H;/q;;;-1;;+2/p-1. The molecule has 4 rings (SSSR count). The van der Waals surface area contributed by atoms with E-state index in [0.29, 0.717) is 0 Å². The van der Waals surface area contributed by atoms with Crippen LogP contribution in [0.2, 0.25) is 0 Å². The van der Waals surface area contributed by atoms with Gasteiger partial charge in [0.15, 0.2) is 0 Å². The van der Waals surface area contributed by atoms with Gasteiger partial charge in [-0.15, -0.1) is 0 Å². The summed E-state index contributed by atoms with van der Waals surface area (Å²) in [5.74, 6) is 0. The summed E-state index contributed by atoms with van der Waals surface area (Å²) in [7, 11) is 9.47. The topological polar surface area (TPSA) is 9.23 Å². The third-order valence-corrected chi connectivity index (χ3v) is 24.1. The summed E-state index contributed by atoms with van der Waals surface area (Å²) in [5.41, 5.74) is 5.13. The van der Waals surface area contributed by atoms with E-state index < -0.39 is 17.5 Å². The van der Waals surface area contributed by atoms with Crippen LogP contribution in [-0.2, 0) is 20.4 Å². The Kier molecular flexibility index (Phi) is 3.91. The van der Waals surface area contributed by atoms with E-state index in [1.165, 1.54) is 22.3 Å². The molecule has 0 radical (unpaired) electrons. The van der Waals surface area contributed by atoms with Crippen molar-refractivity contribution in [2.75, 3.05) is 7.11 Å². The molecule has 0 heterocycles. The quantitative estimate of drug-likeness (QED) is 0.620. The number of hydrogen-bond donors (Lipinski definition) is 0. The monoisotopic (exact) mass is 414 g/mol. The van der Waals surface area contributed by atoms with Crippen molar-refractivity contribution in [1.82, 2.24) is 0 Å². The van der Waals surface area contributed by atoms with E-state index in [4.69, 9.17) is 11.3 Å². The Bertz CT molecular complexity index is 873. The molecule has 1 nitrogen and oxygen atoms in total. The molecule has 0 N–H and O–H groups in total. The molecule has 0 amide bonds. The van der Waals surface area contributed by atoms with Crippen LogP contribution in [0.25, 0.3) is 12.2 Å². The van der Waals surface area contributed by atoms with Gasteiger partial charge in [0.25, 0.3) is 0 Å². The number of hydrogen-bond acceptors (Lipinski definition) is 1. The van der Waals surface area contributed by atoms with E-state index in [2.05, 4.69) is 83.5 Å². The van der Waals surface area contributed by atoms with Crippen LogP contribution >= 0.6 is 8.51 Å². The van der Waals surface area contributed by atoms with Gasteiger partial charge in [-0.3, -0.25) is 0 Å². The van der Waals surface area contributed by atoms with Crippen LogP contribution in [0.1, 0.15) is 36.4 Å². The van der Waals surface area contributed by atoms with Crippen LogP contribution in [0.3, 0.4) is 0 Å². The summed E-state index contributed by atoms with van der Waals surface area (Å²) in [5, 5.41) is 0. The maximum atomic E-state index is 7.66. The van der Waals surface area contributed by atoms with Crippen molar-refractivity contribution in [3.05, 3.63) is 82.9 Å². The van der Waals surface area contributed by atoms with Gasteiger partial charge in [0.1, 0.15) is 0 Å². The van der Waals surface area contributed by atoms with Crippen LogP contribution in [0.15, 0.2) is 60.7 Å². The molecule has 2 aliphatic carbocycles. The first kappa shape index (κ1) is 16.4. The molecule has 3 heteroatoms. The molecule has 0 spiro atoms. The molecule has 0 bridgehead atoms. The predicted octanol–water partition coefficient (Wildman–Crippen LogP) is 5.75. The number of benzene rings is 2. The molecule has 24 heavy (non-hydrogen) atoms. The zero-order valence-corrected chi connectivity index (χ0v) is 17.2. The van der Waals surface area contributed by atoms with Gasteiger partial charge in [-0.05, 0) is 0 Å². The van der Waals surface area contributed by atoms with Crippen molar-refractivity contribution in [1.29, 1.82) is 0 Å². The normalized spacial score (nSPS) is 21.7. The molecular formula is C21H21ClOZr. The fourth-order valence-corrected chi connectivity index (χ4v) is 17.8. The molecule has 0 saturated heterocycles. The van der Waals surface area contributed by atoms with Crippen LogP contribution in [0.4, 0.5) is 0 Å². The third-order valence-electron chi connectivity index (χ3n) is 5.80. The summed E-state index contributed by atoms with van der Waals surface area (Å²) in [6, 6.07) is 17.1. The molecule has 2 aliphatic rings. The zero-order valence-electron chi connectivity index (χ0n) is 13.9. The first-order valence-corrected chi connectivity index (χ1v) is 16.8. The summed E-state index contributed by atoms with van der Waals surface area (Å²) in [4.78, 5) is 0. The number of halogens is 1. The molecule has 0 aromatic heterocycles. The second-order valence-electron chi connectivity index (χ2n) is 6.68. The zero-order chi connectivity index (χ0) is 16.8. The van der Waals surface area contributed by atoms with Crippen molar-refractivity contribution >= 4 is 24.4 Å². The summed E-state index contributed by atoms with van der Waals surface area (Å²) >= 11 is -4.32. The molecule has 2 aromatic carbocycles. The minimum absolute atomic E-state index is 0.153. The number of rotatable bonds is 3. The van der Waals surface area contributed by atoms with E-state index in [9.17, 15) is 0 Å². The van der Waals surface area contributed by atoms with Crippen molar-refractivity contribution in [2.24, 2.45) is 0 Å². The second kappa shape index (κ2) is 5.73. The molecule has 0 aliphatic heterocycles. The van der Waals surface area contributed by atoms with Crippen LogP contribution in [0, 0.1) is 0 Å². The molecular weight excluding hydrogens is 395 g/mol. The molecule has 0 saturated carbocycles. The van der Waals surface area contributed by atoms with Crippen molar-refractivity contribution in [3.8, 4) is 0 Å². The van der Waals surface area contributed by atoms with E-state index >= 15 is 0 Å².